The van der Waals surface area contributed by atoms with E-state index in [4.69, 9.17) is 16.3 Å². The number of benzene rings is 1. The van der Waals surface area contributed by atoms with Crippen molar-refractivity contribution in [3.8, 4) is 0 Å². The molecule has 2 aromatic rings. The van der Waals surface area contributed by atoms with Crippen LogP contribution in [0.2, 0.25) is 5.02 Å². The van der Waals surface area contributed by atoms with E-state index in [2.05, 4.69) is 9.88 Å². The highest BCUT2D eigenvalue weighted by Crippen LogP contribution is 2.33. The number of aryl methyl sites for hydroxylation is 1. The molecule has 10 heteroatoms. The minimum atomic E-state index is -0.310. The fraction of sp³-hybridized carbons (Fsp3) is 0.500. The van der Waals surface area contributed by atoms with Crippen LogP contribution in [0.3, 0.4) is 0 Å². The van der Waals surface area contributed by atoms with E-state index < -0.39 is 0 Å². The Kier molecular flexibility index (Phi) is 6.33. The van der Waals surface area contributed by atoms with Crippen LogP contribution in [0.1, 0.15) is 18.4 Å². The van der Waals surface area contributed by atoms with E-state index in [0.717, 1.165) is 33.8 Å². The highest BCUT2D eigenvalue weighted by atomic mass is 35.5. The number of thiazole rings is 1. The molecule has 0 bridgehead atoms. The predicted octanol–water partition coefficient (Wildman–Crippen LogP) is 2.07. The number of rotatable bonds is 6. The summed E-state index contributed by atoms with van der Waals surface area (Å²) in [4.78, 5) is 46.7. The molecule has 0 N–H and O–H groups in total. The molecule has 4 rings (SSSR count). The summed E-state index contributed by atoms with van der Waals surface area (Å²) in [5.74, 6) is -0.906. The van der Waals surface area contributed by atoms with Gasteiger partial charge in [-0.1, -0.05) is 22.9 Å². The first-order valence-corrected chi connectivity index (χ1v) is 11.1. The number of likely N-dealkylation sites (tertiary alicyclic amines) is 1. The van der Waals surface area contributed by atoms with Crippen molar-refractivity contribution in [1.29, 1.82) is 0 Å². The topological polar surface area (TPSA) is 83.0 Å². The molecule has 0 unspecified atom stereocenters. The lowest BCUT2D eigenvalue weighted by Gasteiger charge is -2.29. The van der Waals surface area contributed by atoms with E-state index in [-0.39, 0.29) is 37.1 Å². The summed E-state index contributed by atoms with van der Waals surface area (Å²) < 4.78 is 6.32. The van der Waals surface area contributed by atoms with Crippen molar-refractivity contribution in [2.75, 3.05) is 50.8 Å². The van der Waals surface area contributed by atoms with Crippen LogP contribution in [-0.4, -0.2) is 78.4 Å². The molecule has 0 radical (unpaired) electrons. The molecule has 2 fully saturated rings. The van der Waals surface area contributed by atoms with E-state index in [9.17, 15) is 14.4 Å². The standard InChI is InChI=1S/C20H23ClN4O4S/c1-13-14(21)2-3-15-19(13)22-20(30-15)24(7-6-23-8-10-29-11-9-23)18(28)12-25-16(26)4-5-17(25)27/h2-3H,4-12H2,1H3. The normalized spacial score (nSPS) is 17.9. The van der Waals surface area contributed by atoms with Crippen molar-refractivity contribution in [2.45, 2.75) is 19.8 Å². The molecule has 0 saturated carbocycles. The summed E-state index contributed by atoms with van der Waals surface area (Å²) in [7, 11) is 0. The number of ether oxygens (including phenoxy) is 1. The van der Waals surface area contributed by atoms with E-state index >= 15 is 0 Å². The molecule has 0 spiro atoms. The molecule has 2 saturated heterocycles. The Morgan fingerprint density at radius 2 is 1.93 bits per heavy atom. The Labute approximate surface area is 183 Å². The Balaban J connectivity index is 1.59. The van der Waals surface area contributed by atoms with Gasteiger partial charge in [-0.3, -0.25) is 29.1 Å². The minimum absolute atomic E-state index is 0.165. The molecule has 3 heterocycles. The smallest absolute Gasteiger partial charge is 0.248 e. The molecule has 2 aliphatic heterocycles. The highest BCUT2D eigenvalue weighted by molar-refractivity contribution is 7.22. The molecular formula is C20H23ClN4O4S. The quantitative estimate of drug-likeness (QED) is 0.626. The van der Waals surface area contributed by atoms with Gasteiger partial charge in [-0.05, 0) is 24.6 Å². The zero-order chi connectivity index (χ0) is 21.3. The number of anilines is 1. The summed E-state index contributed by atoms with van der Waals surface area (Å²) in [6.45, 7) is 5.67. The lowest BCUT2D eigenvalue weighted by atomic mass is 10.2. The zero-order valence-electron chi connectivity index (χ0n) is 16.7. The molecule has 1 aromatic carbocycles. The monoisotopic (exact) mass is 450 g/mol. The molecule has 30 heavy (non-hydrogen) atoms. The average molecular weight is 451 g/mol. The van der Waals surface area contributed by atoms with Crippen LogP contribution < -0.4 is 4.90 Å². The molecule has 160 valence electrons. The van der Waals surface area contributed by atoms with Crippen LogP contribution in [0, 0.1) is 6.92 Å². The number of hydrogen-bond acceptors (Lipinski definition) is 7. The van der Waals surface area contributed by atoms with Gasteiger partial charge in [-0.15, -0.1) is 0 Å². The number of carbonyl (C=O) groups excluding carboxylic acids is 3. The van der Waals surface area contributed by atoms with Crippen LogP contribution in [0.5, 0.6) is 0 Å². The molecule has 1 aromatic heterocycles. The number of hydrogen-bond donors (Lipinski definition) is 0. The third-order valence-corrected chi connectivity index (χ3v) is 6.91. The number of halogens is 1. The number of imide groups is 1. The summed E-state index contributed by atoms with van der Waals surface area (Å²) in [6.07, 6.45) is 0.331. The maximum absolute atomic E-state index is 13.2. The van der Waals surface area contributed by atoms with Crippen LogP contribution in [-0.2, 0) is 19.1 Å². The summed E-state index contributed by atoms with van der Waals surface area (Å²) >= 11 is 7.64. The fourth-order valence-corrected chi connectivity index (χ4v) is 4.84. The maximum Gasteiger partial charge on any atom is 0.248 e. The maximum atomic E-state index is 13.2. The van der Waals surface area contributed by atoms with Crippen molar-refractivity contribution >= 4 is 56.0 Å². The first-order chi connectivity index (χ1) is 14.4. The third kappa shape index (κ3) is 4.34. The van der Waals surface area contributed by atoms with Gasteiger partial charge in [0.05, 0.1) is 23.4 Å². The molecule has 0 aliphatic carbocycles. The first-order valence-electron chi connectivity index (χ1n) is 9.93. The van der Waals surface area contributed by atoms with Gasteiger partial charge in [0.25, 0.3) is 0 Å². The SMILES string of the molecule is Cc1c(Cl)ccc2sc(N(CCN3CCOCC3)C(=O)CN3C(=O)CCC3=O)nc12. The average Bonchev–Trinajstić information content (AvgIpc) is 3.31. The summed E-state index contributed by atoms with van der Waals surface area (Å²) in [6, 6.07) is 3.71. The van der Waals surface area contributed by atoms with E-state index in [1.165, 1.54) is 11.3 Å². The van der Waals surface area contributed by atoms with Crippen LogP contribution in [0.15, 0.2) is 12.1 Å². The second-order valence-electron chi connectivity index (χ2n) is 7.39. The molecule has 0 atom stereocenters. The predicted molar refractivity (Wildman–Crippen MR) is 115 cm³/mol. The summed E-state index contributed by atoms with van der Waals surface area (Å²) in [5, 5.41) is 1.17. The number of nitrogens with zero attached hydrogens (tertiary/aromatic N) is 4. The zero-order valence-corrected chi connectivity index (χ0v) is 18.3. The van der Waals surface area contributed by atoms with Gasteiger partial charge in [-0.2, -0.15) is 0 Å². The van der Waals surface area contributed by atoms with Crippen molar-refractivity contribution in [2.24, 2.45) is 0 Å². The van der Waals surface area contributed by atoms with E-state index in [1.807, 2.05) is 19.1 Å². The van der Waals surface area contributed by atoms with Gasteiger partial charge >= 0.3 is 0 Å². The van der Waals surface area contributed by atoms with Crippen molar-refractivity contribution in [1.82, 2.24) is 14.8 Å². The van der Waals surface area contributed by atoms with Gasteiger partial charge in [0, 0.05) is 44.0 Å². The minimum Gasteiger partial charge on any atom is -0.379 e. The lowest BCUT2D eigenvalue weighted by Crippen LogP contribution is -2.47. The Hall–Kier alpha value is -2.07. The lowest BCUT2D eigenvalue weighted by molar-refractivity contribution is -0.141. The Morgan fingerprint density at radius 3 is 2.63 bits per heavy atom. The largest absolute Gasteiger partial charge is 0.379 e. The first kappa shape index (κ1) is 21.2. The highest BCUT2D eigenvalue weighted by Gasteiger charge is 2.33. The summed E-state index contributed by atoms with van der Waals surface area (Å²) in [5.41, 5.74) is 1.63. The van der Waals surface area contributed by atoms with Crippen molar-refractivity contribution in [3.63, 3.8) is 0 Å². The van der Waals surface area contributed by atoms with E-state index in [1.54, 1.807) is 4.90 Å². The second kappa shape index (κ2) is 8.97. The molecular weight excluding hydrogens is 428 g/mol. The van der Waals surface area contributed by atoms with E-state index in [0.29, 0.717) is 36.5 Å². The van der Waals surface area contributed by atoms with Crippen LogP contribution in [0.25, 0.3) is 10.2 Å². The fourth-order valence-electron chi connectivity index (χ4n) is 3.62. The molecule has 3 amide bonds. The Bertz CT molecular complexity index is 973. The van der Waals surface area contributed by atoms with Crippen LogP contribution >= 0.6 is 22.9 Å². The number of aromatic nitrogens is 1. The number of carbonyl (C=O) groups is 3. The third-order valence-electron chi connectivity index (χ3n) is 5.46. The number of amides is 3. The van der Waals surface area contributed by atoms with Gasteiger partial charge in [-0.25, -0.2) is 4.98 Å². The van der Waals surface area contributed by atoms with Gasteiger partial charge in [0.2, 0.25) is 17.7 Å². The van der Waals surface area contributed by atoms with Gasteiger partial charge in [0.15, 0.2) is 5.13 Å². The van der Waals surface area contributed by atoms with Crippen LogP contribution in [0.4, 0.5) is 5.13 Å². The van der Waals surface area contributed by atoms with Crippen molar-refractivity contribution < 1.29 is 19.1 Å². The Morgan fingerprint density at radius 1 is 1.23 bits per heavy atom. The number of fused-ring (bicyclic) bond motifs is 1. The van der Waals surface area contributed by atoms with Gasteiger partial charge < -0.3 is 4.74 Å². The number of morpholine rings is 1. The second-order valence-corrected chi connectivity index (χ2v) is 8.80. The van der Waals surface area contributed by atoms with Gasteiger partial charge in [0.1, 0.15) is 6.54 Å². The van der Waals surface area contributed by atoms with Crippen molar-refractivity contribution in [3.05, 3.63) is 22.7 Å². The molecule has 2 aliphatic rings. The molecule has 8 nitrogen and oxygen atoms in total.